The van der Waals surface area contributed by atoms with E-state index in [9.17, 15) is 13.2 Å². The Labute approximate surface area is 179 Å². The first kappa shape index (κ1) is 21.6. The van der Waals surface area contributed by atoms with E-state index >= 15 is 0 Å². The molecule has 166 valence electrons. The maximum Gasteiger partial charge on any atom is 0.317 e. The summed E-state index contributed by atoms with van der Waals surface area (Å²) in [6.07, 6.45) is 4.77. The lowest BCUT2D eigenvalue weighted by molar-refractivity contribution is -0.0129. The Morgan fingerprint density at radius 2 is 1.87 bits per heavy atom. The molecule has 3 aliphatic rings. The Bertz CT molecular complexity index is 863. The Hall–Kier alpha value is -1.64. The van der Waals surface area contributed by atoms with Gasteiger partial charge in [0.1, 0.15) is 0 Å². The van der Waals surface area contributed by atoms with Gasteiger partial charge in [0.15, 0.2) is 0 Å². The predicted octanol–water partition coefficient (Wildman–Crippen LogP) is 2.57. The Morgan fingerprint density at radius 3 is 2.53 bits per heavy atom. The minimum atomic E-state index is -3.41. The van der Waals surface area contributed by atoms with E-state index in [0.29, 0.717) is 44.2 Å². The van der Waals surface area contributed by atoms with Crippen molar-refractivity contribution in [3.63, 3.8) is 0 Å². The third-order valence-corrected chi connectivity index (χ3v) is 9.10. The van der Waals surface area contributed by atoms with Crippen molar-refractivity contribution in [2.24, 2.45) is 11.3 Å². The van der Waals surface area contributed by atoms with Gasteiger partial charge in [0, 0.05) is 32.7 Å². The molecule has 1 aromatic rings. The Kier molecular flexibility index (Phi) is 6.36. The van der Waals surface area contributed by atoms with Crippen LogP contribution in [0.2, 0.25) is 0 Å². The number of amides is 2. The molecule has 1 N–H and O–H groups in total. The van der Waals surface area contributed by atoms with Crippen LogP contribution in [0.15, 0.2) is 24.3 Å². The summed E-state index contributed by atoms with van der Waals surface area (Å²) < 4.78 is 32.4. The lowest BCUT2D eigenvalue weighted by Crippen LogP contribution is -2.55. The van der Waals surface area contributed by atoms with E-state index in [0.717, 1.165) is 30.6 Å². The number of urea groups is 1. The van der Waals surface area contributed by atoms with Crippen LogP contribution < -0.4 is 5.32 Å². The maximum absolute atomic E-state index is 12.8. The highest BCUT2D eigenvalue weighted by Gasteiger charge is 2.46. The summed E-state index contributed by atoms with van der Waals surface area (Å²) >= 11 is 0. The van der Waals surface area contributed by atoms with Gasteiger partial charge in [-0.2, -0.15) is 4.31 Å². The summed E-state index contributed by atoms with van der Waals surface area (Å²) in [7, 11) is -3.41. The third kappa shape index (κ3) is 4.50. The van der Waals surface area contributed by atoms with E-state index in [4.69, 9.17) is 4.74 Å². The monoisotopic (exact) mass is 435 g/mol. The molecule has 7 nitrogen and oxygen atoms in total. The molecule has 0 radical (unpaired) electrons. The highest BCUT2D eigenvalue weighted by atomic mass is 32.2. The van der Waals surface area contributed by atoms with Crippen molar-refractivity contribution in [2.45, 2.75) is 44.9 Å². The second-order valence-corrected chi connectivity index (χ2v) is 11.0. The molecule has 0 aromatic heterocycles. The number of hydrogen-bond donors (Lipinski definition) is 1. The second kappa shape index (κ2) is 8.85. The molecular formula is C22H33N3O4S. The van der Waals surface area contributed by atoms with Gasteiger partial charge in [-0.15, -0.1) is 0 Å². The fraction of sp³-hybridized carbons (Fsp3) is 0.682. The van der Waals surface area contributed by atoms with Crippen LogP contribution in [0.1, 0.15) is 43.7 Å². The molecule has 1 spiro atoms. The molecule has 2 heterocycles. The van der Waals surface area contributed by atoms with Crippen molar-refractivity contribution < 1.29 is 17.9 Å². The number of rotatable bonds is 5. The van der Waals surface area contributed by atoms with E-state index in [2.05, 4.69) is 12.2 Å². The van der Waals surface area contributed by atoms with Crippen molar-refractivity contribution in [1.29, 1.82) is 0 Å². The van der Waals surface area contributed by atoms with Crippen molar-refractivity contribution in [3.8, 4) is 0 Å². The van der Waals surface area contributed by atoms with Crippen LogP contribution in [0.4, 0.5) is 4.79 Å². The van der Waals surface area contributed by atoms with Crippen LogP contribution in [0.3, 0.4) is 0 Å². The molecule has 4 rings (SSSR count). The van der Waals surface area contributed by atoms with E-state index in [-0.39, 0.29) is 11.8 Å². The fourth-order valence-corrected chi connectivity index (χ4v) is 6.55. The molecule has 2 saturated heterocycles. The maximum atomic E-state index is 12.8. The zero-order valence-electron chi connectivity index (χ0n) is 17.8. The third-order valence-electron chi connectivity index (χ3n) is 7.27. The number of likely N-dealkylation sites (tertiary alicyclic amines) is 1. The van der Waals surface area contributed by atoms with Gasteiger partial charge in [-0.1, -0.05) is 37.6 Å². The Balaban J connectivity index is 1.38. The molecule has 1 saturated carbocycles. The minimum Gasteiger partial charge on any atom is -0.379 e. The number of nitrogens with zero attached hydrogens (tertiary/aromatic N) is 2. The lowest BCUT2D eigenvalue weighted by Gasteiger charge is -2.53. The van der Waals surface area contributed by atoms with E-state index < -0.39 is 10.0 Å². The second-order valence-electron chi connectivity index (χ2n) is 9.02. The molecule has 2 amide bonds. The number of nitrogens with one attached hydrogen (secondary N) is 1. The number of carbonyl (C=O) groups excluding carboxylic acids is 1. The molecule has 2 aliphatic heterocycles. The van der Waals surface area contributed by atoms with E-state index in [1.165, 1.54) is 23.6 Å². The first-order chi connectivity index (χ1) is 14.4. The summed E-state index contributed by atoms with van der Waals surface area (Å²) in [4.78, 5) is 14.8. The van der Waals surface area contributed by atoms with Gasteiger partial charge < -0.3 is 15.0 Å². The van der Waals surface area contributed by atoms with E-state index in [1.807, 2.05) is 29.2 Å². The quantitative estimate of drug-likeness (QED) is 0.771. The minimum absolute atomic E-state index is 0.0426. The standard InChI is InChI=1S/C22H33N3O4S/c1-18-7-10-24(17-22(18)8-4-9-22)21(26)23-15-19-5-2-3-6-20(19)16-30(27,28)25-11-13-29-14-12-25/h2-3,5-6,18H,4,7-17H2,1H3,(H,23,26). The number of hydrogen-bond acceptors (Lipinski definition) is 4. The summed E-state index contributed by atoms with van der Waals surface area (Å²) in [5.41, 5.74) is 1.91. The molecule has 30 heavy (non-hydrogen) atoms. The summed E-state index contributed by atoms with van der Waals surface area (Å²) in [5, 5.41) is 3.03. The Morgan fingerprint density at radius 1 is 1.17 bits per heavy atom. The van der Waals surface area contributed by atoms with Gasteiger partial charge >= 0.3 is 6.03 Å². The predicted molar refractivity (Wildman–Crippen MR) is 115 cm³/mol. The van der Waals surface area contributed by atoms with Gasteiger partial charge in [0.2, 0.25) is 10.0 Å². The largest absolute Gasteiger partial charge is 0.379 e. The number of carbonyl (C=O) groups is 1. The van der Waals surface area contributed by atoms with Crippen LogP contribution in [-0.4, -0.2) is 63.0 Å². The zero-order chi connectivity index (χ0) is 21.2. The highest BCUT2D eigenvalue weighted by Crippen LogP contribution is 2.50. The SMILES string of the molecule is CC1CCN(C(=O)NCc2ccccc2CS(=O)(=O)N2CCOCC2)CC12CCC2. The van der Waals surface area contributed by atoms with Crippen molar-refractivity contribution >= 4 is 16.1 Å². The molecular weight excluding hydrogens is 402 g/mol. The number of ether oxygens (including phenoxy) is 1. The van der Waals surface area contributed by atoms with Crippen molar-refractivity contribution in [3.05, 3.63) is 35.4 Å². The average Bonchev–Trinajstić information content (AvgIpc) is 2.72. The van der Waals surface area contributed by atoms with Crippen LogP contribution >= 0.6 is 0 Å². The molecule has 1 unspecified atom stereocenters. The van der Waals surface area contributed by atoms with Gasteiger partial charge in [-0.05, 0) is 41.7 Å². The lowest BCUT2D eigenvalue weighted by atomic mass is 9.59. The first-order valence-electron chi connectivity index (χ1n) is 11.0. The summed E-state index contributed by atoms with van der Waals surface area (Å²) in [6, 6.07) is 7.43. The molecule has 1 atom stereocenters. The molecule has 0 bridgehead atoms. The molecule has 1 aliphatic carbocycles. The molecule has 3 fully saturated rings. The number of benzene rings is 1. The van der Waals surface area contributed by atoms with Crippen LogP contribution in [0, 0.1) is 11.3 Å². The van der Waals surface area contributed by atoms with Crippen molar-refractivity contribution in [2.75, 3.05) is 39.4 Å². The van der Waals surface area contributed by atoms with Crippen LogP contribution in [0.25, 0.3) is 0 Å². The topological polar surface area (TPSA) is 79.0 Å². The van der Waals surface area contributed by atoms with Crippen LogP contribution in [0.5, 0.6) is 0 Å². The first-order valence-corrected chi connectivity index (χ1v) is 12.7. The normalized spacial score (nSPS) is 24.4. The molecule has 1 aromatic carbocycles. The average molecular weight is 436 g/mol. The van der Waals surface area contributed by atoms with Crippen LogP contribution in [-0.2, 0) is 27.1 Å². The van der Waals surface area contributed by atoms with Gasteiger partial charge in [-0.3, -0.25) is 0 Å². The van der Waals surface area contributed by atoms with Crippen molar-refractivity contribution in [1.82, 2.24) is 14.5 Å². The number of piperidine rings is 1. The highest BCUT2D eigenvalue weighted by molar-refractivity contribution is 7.88. The molecule has 8 heteroatoms. The smallest absolute Gasteiger partial charge is 0.317 e. The van der Waals surface area contributed by atoms with E-state index in [1.54, 1.807) is 0 Å². The summed E-state index contributed by atoms with van der Waals surface area (Å²) in [5.74, 6) is 0.630. The van der Waals surface area contributed by atoms with Gasteiger partial charge in [0.25, 0.3) is 0 Å². The fourth-order valence-electron chi connectivity index (χ4n) is 4.99. The zero-order valence-corrected chi connectivity index (χ0v) is 18.6. The van der Waals surface area contributed by atoms with Gasteiger partial charge in [0.05, 0.1) is 19.0 Å². The number of morpholine rings is 1. The van der Waals surface area contributed by atoms with Gasteiger partial charge in [-0.25, -0.2) is 13.2 Å². The summed E-state index contributed by atoms with van der Waals surface area (Å²) in [6.45, 7) is 5.97. The number of sulfonamides is 1.